The Morgan fingerprint density at radius 2 is 1.93 bits per heavy atom. The lowest BCUT2D eigenvalue weighted by molar-refractivity contribution is -0.0496. The molecule has 2 aromatic rings. The molecular formula is C17H17F3N4O2S. The van der Waals surface area contributed by atoms with Gasteiger partial charge < -0.3 is 5.32 Å². The molecule has 1 saturated heterocycles. The zero-order valence-electron chi connectivity index (χ0n) is 14.2. The molecule has 1 aliphatic rings. The Bertz CT molecular complexity index is 978. The topological polar surface area (TPSA) is 86.1 Å². The number of rotatable bonds is 4. The Hall–Kier alpha value is -2.38. The summed E-state index contributed by atoms with van der Waals surface area (Å²) < 4.78 is 61.3. The van der Waals surface area contributed by atoms with Gasteiger partial charge in [0, 0.05) is 31.2 Å². The Kier molecular flexibility index (Phi) is 5.26. The van der Waals surface area contributed by atoms with Crippen molar-refractivity contribution in [2.45, 2.75) is 18.3 Å². The van der Waals surface area contributed by atoms with Crippen LogP contribution in [0.4, 0.5) is 18.9 Å². The number of aromatic nitrogens is 1. The lowest BCUT2D eigenvalue weighted by Crippen LogP contribution is -2.45. The summed E-state index contributed by atoms with van der Waals surface area (Å²) in [5.41, 5.74) is -3.53. The molecule has 144 valence electrons. The summed E-state index contributed by atoms with van der Waals surface area (Å²) >= 11 is 0. The summed E-state index contributed by atoms with van der Waals surface area (Å²) in [6.07, 6.45) is 2.10. The van der Waals surface area contributed by atoms with E-state index in [1.807, 2.05) is 24.3 Å². The molecule has 1 fully saturated rings. The van der Waals surface area contributed by atoms with E-state index >= 15 is 0 Å². The number of para-hydroxylation sites is 1. The number of hydrogen-bond acceptors (Lipinski definition) is 5. The number of alkyl halides is 3. The highest BCUT2D eigenvalue weighted by Gasteiger charge is 2.50. The fourth-order valence-electron chi connectivity index (χ4n) is 3.16. The Morgan fingerprint density at radius 3 is 2.56 bits per heavy atom. The van der Waals surface area contributed by atoms with Crippen molar-refractivity contribution in [3.05, 3.63) is 36.0 Å². The zero-order chi connectivity index (χ0) is 19.7. The highest BCUT2D eigenvalue weighted by molar-refractivity contribution is 7.90. The highest BCUT2D eigenvalue weighted by atomic mass is 32.2. The highest BCUT2D eigenvalue weighted by Crippen LogP contribution is 2.31. The molecule has 0 saturated carbocycles. The molecular weight excluding hydrogens is 381 g/mol. The molecule has 0 unspecified atom stereocenters. The van der Waals surface area contributed by atoms with E-state index in [0.717, 1.165) is 10.9 Å². The van der Waals surface area contributed by atoms with Gasteiger partial charge in [-0.1, -0.05) is 18.2 Å². The van der Waals surface area contributed by atoms with Gasteiger partial charge in [0.25, 0.3) is 0 Å². The van der Waals surface area contributed by atoms with Gasteiger partial charge in [0.05, 0.1) is 16.8 Å². The molecule has 2 heterocycles. The van der Waals surface area contributed by atoms with Gasteiger partial charge in [-0.25, -0.2) is 8.42 Å². The van der Waals surface area contributed by atoms with Crippen LogP contribution in [-0.2, 0) is 10.0 Å². The number of halogens is 3. The third-order valence-electron chi connectivity index (χ3n) is 4.67. The molecule has 0 aliphatic carbocycles. The lowest BCUT2D eigenvalue weighted by Gasteiger charge is -2.31. The number of hydrogen-bond donors (Lipinski definition) is 1. The first kappa shape index (κ1) is 19.4. The van der Waals surface area contributed by atoms with Crippen LogP contribution in [0.15, 0.2) is 30.5 Å². The molecule has 0 spiro atoms. The Labute approximate surface area is 154 Å². The van der Waals surface area contributed by atoms with E-state index in [-0.39, 0.29) is 19.0 Å². The van der Waals surface area contributed by atoms with Crippen LogP contribution in [0.1, 0.15) is 18.4 Å². The van der Waals surface area contributed by atoms with Gasteiger partial charge in [-0.3, -0.25) is 4.98 Å². The van der Waals surface area contributed by atoms with E-state index in [9.17, 15) is 26.9 Å². The summed E-state index contributed by atoms with van der Waals surface area (Å²) in [6.45, 7) is 0.0926. The van der Waals surface area contributed by atoms with Crippen LogP contribution < -0.4 is 5.32 Å². The zero-order valence-corrected chi connectivity index (χ0v) is 15.0. The number of piperidine rings is 1. The van der Waals surface area contributed by atoms with E-state index in [2.05, 4.69) is 16.4 Å². The SMILES string of the molecule is N#Cc1cnc2ccccc2c1NCC1CCN(S(=O)(=O)C(F)(F)F)CC1. The molecule has 0 amide bonds. The van der Waals surface area contributed by atoms with Crippen LogP contribution in [0.5, 0.6) is 0 Å². The monoisotopic (exact) mass is 398 g/mol. The van der Waals surface area contributed by atoms with Crippen LogP contribution in [0.2, 0.25) is 0 Å². The number of fused-ring (bicyclic) bond motifs is 1. The second-order valence-electron chi connectivity index (χ2n) is 6.35. The molecule has 6 nitrogen and oxygen atoms in total. The van der Waals surface area contributed by atoms with Crippen molar-refractivity contribution in [2.75, 3.05) is 25.0 Å². The van der Waals surface area contributed by atoms with Crippen molar-refractivity contribution in [1.29, 1.82) is 5.26 Å². The minimum Gasteiger partial charge on any atom is -0.383 e. The molecule has 1 aromatic heterocycles. The van der Waals surface area contributed by atoms with E-state index < -0.39 is 15.5 Å². The fraction of sp³-hybridized carbons (Fsp3) is 0.412. The minimum atomic E-state index is -5.27. The van der Waals surface area contributed by atoms with Gasteiger partial charge in [0.15, 0.2) is 0 Å². The normalized spacial score (nSPS) is 17.0. The summed E-state index contributed by atoms with van der Waals surface area (Å²) in [7, 11) is -5.27. The van der Waals surface area contributed by atoms with Crippen molar-refractivity contribution >= 4 is 26.6 Å². The van der Waals surface area contributed by atoms with Crippen LogP contribution in [0, 0.1) is 17.2 Å². The Balaban J connectivity index is 1.68. The van der Waals surface area contributed by atoms with Crippen molar-refractivity contribution in [1.82, 2.24) is 9.29 Å². The second kappa shape index (κ2) is 7.32. The number of pyridine rings is 1. The lowest BCUT2D eigenvalue weighted by atomic mass is 9.97. The van der Waals surface area contributed by atoms with Gasteiger partial charge >= 0.3 is 15.5 Å². The average Bonchev–Trinajstić information content (AvgIpc) is 2.65. The summed E-state index contributed by atoms with van der Waals surface area (Å²) in [5, 5.41) is 13.3. The molecule has 27 heavy (non-hydrogen) atoms. The smallest absolute Gasteiger partial charge is 0.383 e. The van der Waals surface area contributed by atoms with E-state index in [0.29, 0.717) is 34.9 Å². The fourth-order valence-corrected chi connectivity index (χ4v) is 4.15. The summed E-state index contributed by atoms with van der Waals surface area (Å²) in [5.74, 6) is 0.00292. The van der Waals surface area contributed by atoms with Crippen LogP contribution in [0.25, 0.3) is 10.9 Å². The van der Waals surface area contributed by atoms with Crippen molar-refractivity contribution in [2.24, 2.45) is 5.92 Å². The maximum absolute atomic E-state index is 12.6. The average molecular weight is 398 g/mol. The minimum absolute atomic E-state index is 0.00292. The quantitative estimate of drug-likeness (QED) is 0.855. The van der Waals surface area contributed by atoms with Crippen molar-refractivity contribution < 1.29 is 21.6 Å². The number of benzene rings is 1. The maximum Gasteiger partial charge on any atom is 0.511 e. The number of nitrogens with zero attached hydrogens (tertiary/aromatic N) is 3. The van der Waals surface area contributed by atoms with E-state index in [4.69, 9.17) is 0 Å². The second-order valence-corrected chi connectivity index (χ2v) is 8.28. The molecule has 1 aromatic carbocycles. The number of anilines is 1. The maximum atomic E-state index is 12.6. The first-order valence-corrected chi connectivity index (χ1v) is 9.76. The molecule has 0 bridgehead atoms. The van der Waals surface area contributed by atoms with Gasteiger partial charge in [0.1, 0.15) is 6.07 Å². The first-order chi connectivity index (χ1) is 12.7. The van der Waals surface area contributed by atoms with Gasteiger partial charge in [-0.05, 0) is 24.8 Å². The third-order valence-corrected chi connectivity index (χ3v) is 6.30. The molecule has 1 N–H and O–H groups in total. The molecule has 0 radical (unpaired) electrons. The predicted octanol–water partition coefficient (Wildman–Crippen LogP) is 3.08. The number of nitriles is 1. The first-order valence-electron chi connectivity index (χ1n) is 8.32. The summed E-state index contributed by atoms with van der Waals surface area (Å²) in [4.78, 5) is 4.22. The Morgan fingerprint density at radius 1 is 1.26 bits per heavy atom. The predicted molar refractivity (Wildman–Crippen MR) is 94.2 cm³/mol. The molecule has 3 rings (SSSR count). The van der Waals surface area contributed by atoms with Gasteiger partial charge in [-0.2, -0.15) is 22.7 Å². The molecule has 0 atom stereocenters. The largest absolute Gasteiger partial charge is 0.511 e. The van der Waals surface area contributed by atoms with Crippen LogP contribution >= 0.6 is 0 Å². The standard InChI is InChI=1S/C17H17F3N4O2S/c18-17(19,20)27(25,26)24-7-5-12(6-8-24)10-23-16-13(9-21)11-22-15-4-2-1-3-14(15)16/h1-4,11-12H,5-8,10H2,(H,22,23). The molecule has 1 aliphatic heterocycles. The number of nitrogens with one attached hydrogen (secondary N) is 1. The van der Waals surface area contributed by atoms with Gasteiger partial charge in [0.2, 0.25) is 0 Å². The van der Waals surface area contributed by atoms with Crippen molar-refractivity contribution in [3.8, 4) is 6.07 Å². The van der Waals surface area contributed by atoms with Crippen LogP contribution in [-0.4, -0.2) is 42.8 Å². The van der Waals surface area contributed by atoms with Gasteiger partial charge in [-0.15, -0.1) is 0 Å². The van der Waals surface area contributed by atoms with Crippen LogP contribution in [0.3, 0.4) is 0 Å². The summed E-state index contributed by atoms with van der Waals surface area (Å²) in [6, 6.07) is 9.41. The van der Waals surface area contributed by atoms with E-state index in [1.165, 1.54) is 6.20 Å². The van der Waals surface area contributed by atoms with Crippen molar-refractivity contribution in [3.63, 3.8) is 0 Å². The number of sulfonamides is 1. The third kappa shape index (κ3) is 3.84. The molecule has 10 heteroatoms. The van der Waals surface area contributed by atoms with E-state index in [1.54, 1.807) is 0 Å².